The van der Waals surface area contributed by atoms with Crippen molar-refractivity contribution < 1.29 is 9.59 Å². The molecule has 1 fully saturated rings. The molecule has 0 radical (unpaired) electrons. The minimum Gasteiger partial charge on any atom is -0.330 e. The Morgan fingerprint density at radius 1 is 1.00 bits per heavy atom. The summed E-state index contributed by atoms with van der Waals surface area (Å²) in [6, 6.07) is 11.2. The highest BCUT2D eigenvalue weighted by Gasteiger charge is 2.33. The van der Waals surface area contributed by atoms with Crippen LogP contribution >= 0.6 is 34.8 Å². The summed E-state index contributed by atoms with van der Waals surface area (Å²) in [5, 5.41) is 4.36. The monoisotopic (exact) mass is 382 g/mol. The normalized spacial score (nSPS) is 17.8. The first-order valence-corrected chi connectivity index (χ1v) is 8.37. The summed E-state index contributed by atoms with van der Waals surface area (Å²) in [7, 11) is 0. The van der Waals surface area contributed by atoms with Crippen LogP contribution in [-0.2, 0) is 11.3 Å². The van der Waals surface area contributed by atoms with Crippen molar-refractivity contribution >= 4 is 46.7 Å². The first-order chi connectivity index (χ1) is 11.4. The highest BCUT2D eigenvalue weighted by atomic mass is 35.5. The molecule has 0 saturated carbocycles. The van der Waals surface area contributed by atoms with Crippen molar-refractivity contribution in [3.8, 4) is 0 Å². The molecule has 0 spiro atoms. The lowest BCUT2D eigenvalue weighted by Gasteiger charge is -2.31. The van der Waals surface area contributed by atoms with Crippen LogP contribution in [-0.4, -0.2) is 16.8 Å². The summed E-state index contributed by atoms with van der Waals surface area (Å²) in [5.74, 6) is -0.260. The van der Waals surface area contributed by atoms with Crippen LogP contribution in [0, 0.1) is 0 Å². The second kappa shape index (κ2) is 7.01. The minimum absolute atomic E-state index is 0.105. The summed E-state index contributed by atoms with van der Waals surface area (Å²) in [6.07, 6.45) is 0.179. The zero-order chi connectivity index (χ0) is 17.3. The van der Waals surface area contributed by atoms with Gasteiger partial charge < -0.3 is 5.32 Å². The van der Waals surface area contributed by atoms with E-state index in [1.54, 1.807) is 42.5 Å². The van der Waals surface area contributed by atoms with E-state index in [4.69, 9.17) is 34.8 Å². The van der Waals surface area contributed by atoms with Crippen LogP contribution in [0.4, 0.5) is 4.79 Å². The molecule has 3 rings (SSSR count). The maximum Gasteiger partial charge on any atom is 0.324 e. The van der Waals surface area contributed by atoms with E-state index < -0.39 is 6.03 Å². The summed E-state index contributed by atoms with van der Waals surface area (Å²) < 4.78 is 0. The molecule has 1 aliphatic rings. The summed E-state index contributed by atoms with van der Waals surface area (Å²) >= 11 is 17.8. The second-order valence-electron chi connectivity index (χ2n) is 5.47. The quantitative estimate of drug-likeness (QED) is 0.825. The molecule has 24 heavy (non-hydrogen) atoms. The highest BCUT2D eigenvalue weighted by Crippen LogP contribution is 2.27. The molecule has 1 atom stereocenters. The van der Waals surface area contributed by atoms with Gasteiger partial charge in [-0.25, -0.2) is 4.79 Å². The van der Waals surface area contributed by atoms with E-state index in [0.29, 0.717) is 20.6 Å². The Balaban J connectivity index is 1.75. The van der Waals surface area contributed by atoms with Crippen LogP contribution in [0.25, 0.3) is 0 Å². The molecule has 1 aliphatic heterocycles. The van der Waals surface area contributed by atoms with Gasteiger partial charge in [-0.15, -0.1) is 0 Å². The number of carbonyl (C=O) groups is 2. The number of nitrogens with one attached hydrogen (secondary N) is 1. The van der Waals surface area contributed by atoms with Crippen LogP contribution in [0.5, 0.6) is 0 Å². The zero-order valence-electron chi connectivity index (χ0n) is 12.4. The maximum absolute atomic E-state index is 12.4. The Hall–Kier alpha value is -1.75. The van der Waals surface area contributed by atoms with Crippen LogP contribution in [0.2, 0.25) is 15.1 Å². The largest absolute Gasteiger partial charge is 0.330 e. The standard InChI is InChI=1S/C17H13Cl3N2O2/c18-12-4-1-10(2-5-12)15-8-16(23)22(17(24)21-15)9-11-3-6-13(19)7-14(11)20/h1-7,15H,8-9H2,(H,21,24). The van der Waals surface area contributed by atoms with Gasteiger partial charge in [-0.05, 0) is 35.4 Å². The van der Waals surface area contributed by atoms with Gasteiger partial charge in [0.05, 0.1) is 19.0 Å². The van der Waals surface area contributed by atoms with E-state index >= 15 is 0 Å². The number of halogens is 3. The molecule has 0 aromatic heterocycles. The molecule has 7 heteroatoms. The van der Waals surface area contributed by atoms with Gasteiger partial charge in [-0.3, -0.25) is 9.69 Å². The fraction of sp³-hybridized carbons (Fsp3) is 0.176. The second-order valence-corrected chi connectivity index (χ2v) is 6.75. The Bertz CT molecular complexity index is 775. The summed E-state index contributed by atoms with van der Waals surface area (Å²) in [4.78, 5) is 25.9. The van der Waals surface area contributed by atoms with Crippen LogP contribution in [0.1, 0.15) is 23.6 Å². The van der Waals surface area contributed by atoms with Crippen molar-refractivity contribution in [2.75, 3.05) is 0 Å². The molecule has 4 nitrogen and oxygen atoms in total. The molecule has 0 aliphatic carbocycles. The van der Waals surface area contributed by atoms with Crippen molar-refractivity contribution in [2.24, 2.45) is 0 Å². The van der Waals surface area contributed by atoms with Gasteiger partial charge in [-0.1, -0.05) is 53.0 Å². The average Bonchev–Trinajstić information content (AvgIpc) is 2.53. The van der Waals surface area contributed by atoms with E-state index in [-0.39, 0.29) is 24.9 Å². The molecule has 2 aromatic carbocycles. The van der Waals surface area contributed by atoms with E-state index in [1.807, 2.05) is 0 Å². The number of amides is 3. The Morgan fingerprint density at radius 2 is 1.67 bits per heavy atom. The van der Waals surface area contributed by atoms with Crippen LogP contribution < -0.4 is 5.32 Å². The number of hydrogen-bond donors (Lipinski definition) is 1. The van der Waals surface area contributed by atoms with Gasteiger partial charge in [0, 0.05) is 15.1 Å². The third-order valence-electron chi connectivity index (χ3n) is 3.84. The predicted octanol–water partition coefficient (Wildman–Crippen LogP) is 4.83. The third kappa shape index (κ3) is 3.66. The molecular weight excluding hydrogens is 371 g/mol. The maximum atomic E-state index is 12.4. The summed E-state index contributed by atoms with van der Waals surface area (Å²) in [5.41, 5.74) is 1.50. The first-order valence-electron chi connectivity index (χ1n) is 7.24. The zero-order valence-corrected chi connectivity index (χ0v) is 14.7. The molecule has 1 saturated heterocycles. The molecule has 124 valence electrons. The van der Waals surface area contributed by atoms with Gasteiger partial charge in [0.2, 0.25) is 5.91 Å². The van der Waals surface area contributed by atoms with Crippen LogP contribution in [0.3, 0.4) is 0 Å². The lowest BCUT2D eigenvalue weighted by Crippen LogP contribution is -2.50. The van der Waals surface area contributed by atoms with Crippen molar-refractivity contribution in [1.82, 2.24) is 10.2 Å². The van der Waals surface area contributed by atoms with Crippen LogP contribution in [0.15, 0.2) is 42.5 Å². The van der Waals surface area contributed by atoms with Gasteiger partial charge in [0.15, 0.2) is 0 Å². The average molecular weight is 384 g/mol. The van der Waals surface area contributed by atoms with Crippen molar-refractivity contribution in [3.05, 3.63) is 68.7 Å². The molecule has 0 bridgehead atoms. The summed E-state index contributed by atoms with van der Waals surface area (Å²) in [6.45, 7) is 0.105. The van der Waals surface area contributed by atoms with Gasteiger partial charge >= 0.3 is 6.03 Å². The van der Waals surface area contributed by atoms with E-state index in [2.05, 4.69) is 5.32 Å². The van der Waals surface area contributed by atoms with E-state index in [9.17, 15) is 9.59 Å². The number of hydrogen-bond acceptors (Lipinski definition) is 2. The van der Waals surface area contributed by atoms with Crippen molar-refractivity contribution in [1.29, 1.82) is 0 Å². The number of benzene rings is 2. The predicted molar refractivity (Wildman–Crippen MR) is 94.4 cm³/mol. The fourth-order valence-corrected chi connectivity index (χ4v) is 3.15. The van der Waals surface area contributed by atoms with Gasteiger partial charge in [-0.2, -0.15) is 0 Å². The minimum atomic E-state index is -0.447. The molecule has 1 unspecified atom stereocenters. The smallest absolute Gasteiger partial charge is 0.324 e. The number of rotatable bonds is 3. The number of imide groups is 1. The number of nitrogens with zero attached hydrogens (tertiary/aromatic N) is 1. The molecule has 3 amide bonds. The van der Waals surface area contributed by atoms with Crippen molar-refractivity contribution in [2.45, 2.75) is 19.0 Å². The third-order valence-corrected chi connectivity index (χ3v) is 4.68. The highest BCUT2D eigenvalue weighted by molar-refractivity contribution is 6.35. The molecular formula is C17H13Cl3N2O2. The molecule has 1 N–H and O–H groups in total. The first kappa shape index (κ1) is 17.1. The van der Waals surface area contributed by atoms with Gasteiger partial charge in [0.25, 0.3) is 0 Å². The van der Waals surface area contributed by atoms with E-state index in [1.165, 1.54) is 0 Å². The number of carbonyl (C=O) groups excluding carboxylic acids is 2. The fourth-order valence-electron chi connectivity index (χ4n) is 2.55. The Morgan fingerprint density at radius 3 is 2.29 bits per heavy atom. The SMILES string of the molecule is O=C1CC(c2ccc(Cl)cc2)NC(=O)N1Cc1ccc(Cl)cc1Cl. The lowest BCUT2D eigenvalue weighted by molar-refractivity contribution is -0.130. The molecule has 2 aromatic rings. The van der Waals surface area contributed by atoms with E-state index in [0.717, 1.165) is 10.5 Å². The number of urea groups is 1. The molecule has 1 heterocycles. The van der Waals surface area contributed by atoms with Crippen molar-refractivity contribution in [3.63, 3.8) is 0 Å². The lowest BCUT2D eigenvalue weighted by atomic mass is 10.0. The Labute approximate surface area is 154 Å². The topological polar surface area (TPSA) is 49.4 Å². The Kier molecular flexibility index (Phi) is 4.99. The van der Waals surface area contributed by atoms with Gasteiger partial charge in [0.1, 0.15) is 0 Å².